The number of nitrogens with two attached hydrogens (primary N) is 1. The molecule has 2 aromatic rings. The van der Waals surface area contributed by atoms with E-state index in [1.165, 1.54) is 12.1 Å². The predicted octanol–water partition coefficient (Wildman–Crippen LogP) is 1.62. The van der Waals surface area contributed by atoms with Gasteiger partial charge in [-0.15, -0.1) is 10.2 Å². The van der Waals surface area contributed by atoms with Gasteiger partial charge in [-0.25, -0.2) is 0 Å². The number of carbonyl (C=O) groups is 1. The molecular formula is C7H5ClN4O2S. The van der Waals surface area contributed by atoms with E-state index in [0.717, 1.165) is 11.3 Å². The minimum Gasteiger partial charge on any atom is -0.440 e. The summed E-state index contributed by atoms with van der Waals surface area (Å²) in [5.74, 6) is -0.341. The van der Waals surface area contributed by atoms with Gasteiger partial charge in [-0.3, -0.25) is 10.1 Å². The Hall–Kier alpha value is -1.60. The number of furan rings is 1. The van der Waals surface area contributed by atoms with Crippen molar-refractivity contribution in [3.05, 3.63) is 23.1 Å². The van der Waals surface area contributed by atoms with Gasteiger partial charge in [-0.1, -0.05) is 11.3 Å². The Bertz CT molecular complexity index is 495. The Kier molecular flexibility index (Phi) is 2.57. The van der Waals surface area contributed by atoms with Crippen molar-refractivity contribution in [3.63, 3.8) is 0 Å². The molecule has 2 aromatic heterocycles. The number of anilines is 2. The second kappa shape index (κ2) is 3.87. The molecule has 0 saturated carbocycles. The third-order valence-corrected chi connectivity index (χ3v) is 2.33. The summed E-state index contributed by atoms with van der Waals surface area (Å²) in [6.45, 7) is 0. The summed E-state index contributed by atoms with van der Waals surface area (Å²) < 4.78 is 4.90. The zero-order valence-corrected chi connectivity index (χ0v) is 8.80. The van der Waals surface area contributed by atoms with Crippen molar-refractivity contribution in [2.45, 2.75) is 0 Å². The fraction of sp³-hybridized carbons (Fsp3) is 0. The van der Waals surface area contributed by atoms with Gasteiger partial charge in [0.15, 0.2) is 11.0 Å². The lowest BCUT2D eigenvalue weighted by atomic mass is 10.4. The Morgan fingerprint density at radius 1 is 1.53 bits per heavy atom. The van der Waals surface area contributed by atoms with Crippen molar-refractivity contribution in [1.82, 2.24) is 10.2 Å². The number of halogens is 1. The highest BCUT2D eigenvalue weighted by molar-refractivity contribution is 7.19. The molecule has 0 aromatic carbocycles. The van der Waals surface area contributed by atoms with Crippen LogP contribution >= 0.6 is 22.9 Å². The molecule has 78 valence electrons. The highest BCUT2D eigenvalue weighted by atomic mass is 35.5. The zero-order valence-electron chi connectivity index (χ0n) is 7.23. The number of amides is 1. The Balaban J connectivity index is 2.10. The van der Waals surface area contributed by atoms with Gasteiger partial charge in [0, 0.05) is 0 Å². The van der Waals surface area contributed by atoms with Gasteiger partial charge in [-0.05, 0) is 23.7 Å². The first-order valence-corrected chi connectivity index (χ1v) is 5.00. The number of nitrogens with one attached hydrogen (secondary N) is 1. The number of hydrogen-bond acceptors (Lipinski definition) is 6. The molecule has 8 heteroatoms. The highest BCUT2D eigenvalue weighted by Crippen LogP contribution is 2.19. The number of nitrogen functional groups attached to an aromatic ring is 1. The second-order valence-corrected chi connectivity index (χ2v) is 3.88. The smallest absolute Gasteiger partial charge is 0.293 e. The molecule has 0 aliphatic rings. The Morgan fingerprint density at radius 2 is 2.33 bits per heavy atom. The van der Waals surface area contributed by atoms with Gasteiger partial charge >= 0.3 is 0 Å². The van der Waals surface area contributed by atoms with Crippen LogP contribution in [0.4, 0.5) is 10.3 Å². The van der Waals surface area contributed by atoms with E-state index in [0.29, 0.717) is 5.13 Å². The minimum atomic E-state index is -0.446. The molecule has 0 radical (unpaired) electrons. The molecular weight excluding hydrogens is 240 g/mol. The second-order valence-electron chi connectivity index (χ2n) is 2.50. The van der Waals surface area contributed by atoms with Crippen LogP contribution in [0, 0.1) is 0 Å². The molecule has 0 aliphatic carbocycles. The maximum Gasteiger partial charge on any atom is 0.293 e. The van der Waals surface area contributed by atoms with Gasteiger partial charge in [0.2, 0.25) is 10.3 Å². The fourth-order valence-electron chi connectivity index (χ4n) is 0.880. The quantitative estimate of drug-likeness (QED) is 0.837. The van der Waals surface area contributed by atoms with Crippen LogP contribution in [0.3, 0.4) is 0 Å². The van der Waals surface area contributed by atoms with Crippen LogP contribution in [0.5, 0.6) is 0 Å². The van der Waals surface area contributed by atoms with Gasteiger partial charge < -0.3 is 10.2 Å². The first-order valence-electron chi connectivity index (χ1n) is 3.81. The van der Waals surface area contributed by atoms with E-state index < -0.39 is 5.91 Å². The van der Waals surface area contributed by atoms with Crippen molar-refractivity contribution in [2.24, 2.45) is 0 Å². The minimum absolute atomic E-state index is 0.105. The third-order valence-electron chi connectivity index (χ3n) is 1.46. The summed E-state index contributed by atoms with van der Waals surface area (Å²) >= 11 is 6.59. The molecule has 0 saturated heterocycles. The molecule has 0 spiro atoms. The van der Waals surface area contributed by atoms with Gasteiger partial charge in [0.25, 0.3) is 5.91 Å². The van der Waals surface area contributed by atoms with Crippen LogP contribution in [0.25, 0.3) is 0 Å². The van der Waals surface area contributed by atoms with Crippen LogP contribution in [-0.2, 0) is 0 Å². The lowest BCUT2D eigenvalue weighted by molar-refractivity contribution is 0.0996. The first-order chi connectivity index (χ1) is 7.15. The summed E-state index contributed by atoms with van der Waals surface area (Å²) in [7, 11) is 0. The summed E-state index contributed by atoms with van der Waals surface area (Å²) in [5, 5.41) is 10.4. The molecule has 3 N–H and O–H groups in total. The monoisotopic (exact) mass is 244 g/mol. The molecule has 0 fully saturated rings. The largest absolute Gasteiger partial charge is 0.440 e. The van der Waals surface area contributed by atoms with E-state index in [9.17, 15) is 4.79 Å². The maximum atomic E-state index is 11.5. The standard InChI is InChI=1S/C7H5ClN4O2S/c8-4-2-1-3(14-4)5(13)10-7-12-11-6(9)15-7/h1-2H,(H2,9,11)(H,10,12,13). The van der Waals surface area contributed by atoms with Crippen LogP contribution < -0.4 is 11.1 Å². The molecule has 15 heavy (non-hydrogen) atoms. The molecule has 2 rings (SSSR count). The molecule has 6 nitrogen and oxygen atoms in total. The highest BCUT2D eigenvalue weighted by Gasteiger charge is 2.12. The summed E-state index contributed by atoms with van der Waals surface area (Å²) in [6, 6.07) is 2.94. The predicted molar refractivity (Wildman–Crippen MR) is 56.0 cm³/mol. The van der Waals surface area contributed by atoms with Crippen molar-refractivity contribution in [1.29, 1.82) is 0 Å². The van der Waals surface area contributed by atoms with Crippen molar-refractivity contribution >= 4 is 39.1 Å². The van der Waals surface area contributed by atoms with E-state index in [4.69, 9.17) is 21.8 Å². The zero-order chi connectivity index (χ0) is 10.8. The molecule has 1 amide bonds. The van der Waals surface area contributed by atoms with Crippen LogP contribution in [0.1, 0.15) is 10.6 Å². The van der Waals surface area contributed by atoms with Crippen molar-refractivity contribution < 1.29 is 9.21 Å². The number of aromatic nitrogens is 2. The number of rotatable bonds is 2. The molecule has 0 bridgehead atoms. The first kappa shape index (κ1) is 9.94. The fourth-order valence-corrected chi connectivity index (χ4v) is 1.53. The molecule has 0 aliphatic heterocycles. The van der Waals surface area contributed by atoms with E-state index in [2.05, 4.69) is 15.5 Å². The van der Waals surface area contributed by atoms with Crippen LogP contribution in [-0.4, -0.2) is 16.1 Å². The summed E-state index contributed by atoms with van der Waals surface area (Å²) in [4.78, 5) is 11.5. The van der Waals surface area contributed by atoms with Gasteiger partial charge in [-0.2, -0.15) is 0 Å². The lowest BCUT2D eigenvalue weighted by Crippen LogP contribution is -2.10. The SMILES string of the molecule is Nc1nnc(NC(=O)c2ccc(Cl)o2)s1. The van der Waals surface area contributed by atoms with Crippen LogP contribution in [0.2, 0.25) is 5.22 Å². The lowest BCUT2D eigenvalue weighted by Gasteiger charge is -1.95. The number of hydrogen-bond donors (Lipinski definition) is 2. The average molecular weight is 245 g/mol. The third kappa shape index (κ3) is 2.25. The van der Waals surface area contributed by atoms with Crippen molar-refractivity contribution in [3.8, 4) is 0 Å². The number of carbonyl (C=O) groups excluding carboxylic acids is 1. The van der Waals surface area contributed by atoms with E-state index in [1.54, 1.807) is 0 Å². The summed E-state index contributed by atoms with van der Waals surface area (Å²) in [6.07, 6.45) is 0. The van der Waals surface area contributed by atoms with E-state index in [-0.39, 0.29) is 16.1 Å². The van der Waals surface area contributed by atoms with E-state index in [1.807, 2.05) is 0 Å². The molecule has 2 heterocycles. The Labute approximate surface area is 93.1 Å². The molecule has 0 unspecified atom stereocenters. The topological polar surface area (TPSA) is 94.0 Å². The normalized spacial score (nSPS) is 10.2. The molecule has 0 atom stereocenters. The van der Waals surface area contributed by atoms with Gasteiger partial charge in [0.1, 0.15) is 0 Å². The Morgan fingerprint density at radius 3 is 2.87 bits per heavy atom. The van der Waals surface area contributed by atoms with Crippen LogP contribution in [0.15, 0.2) is 16.5 Å². The van der Waals surface area contributed by atoms with Crippen molar-refractivity contribution in [2.75, 3.05) is 11.1 Å². The number of nitrogens with zero attached hydrogens (tertiary/aromatic N) is 2. The summed E-state index contributed by atoms with van der Waals surface area (Å²) in [5.41, 5.74) is 5.35. The maximum absolute atomic E-state index is 11.5. The van der Waals surface area contributed by atoms with E-state index >= 15 is 0 Å². The van der Waals surface area contributed by atoms with Gasteiger partial charge in [0.05, 0.1) is 0 Å². The average Bonchev–Trinajstić information content (AvgIpc) is 2.75.